The van der Waals surface area contributed by atoms with E-state index >= 15 is 0 Å². The summed E-state index contributed by atoms with van der Waals surface area (Å²) < 4.78 is 5.23. The molecule has 2 aliphatic rings. The fourth-order valence-electron chi connectivity index (χ4n) is 2.89. The van der Waals surface area contributed by atoms with Gasteiger partial charge in [0.05, 0.1) is 19.1 Å². The summed E-state index contributed by atoms with van der Waals surface area (Å²) in [5, 5.41) is 3.69. The van der Waals surface area contributed by atoms with E-state index in [-0.39, 0.29) is 17.9 Å². The number of hydrogen-bond acceptors (Lipinski definition) is 4. The molecule has 1 saturated carbocycles. The molecule has 0 spiro atoms. The number of carbonyl (C=O) groups is 1. The first-order valence-electron chi connectivity index (χ1n) is 7.63. The largest absolute Gasteiger partial charge is 0.379 e. The molecule has 2 fully saturated rings. The Labute approximate surface area is 129 Å². The standard InChI is InChI=1S/C16H22N2O2S/c17-15-10-20-9-14(15)16(19)18-11-5-7-13(8-6-11)21-12-3-1-2-4-12/h5-8,12,14-15H,1-4,9-10,17H2,(H,18,19). The van der Waals surface area contributed by atoms with Crippen LogP contribution in [-0.4, -0.2) is 30.4 Å². The predicted octanol–water partition coefficient (Wildman–Crippen LogP) is 2.63. The lowest BCUT2D eigenvalue weighted by atomic mass is 10.0. The smallest absolute Gasteiger partial charge is 0.231 e. The van der Waals surface area contributed by atoms with Gasteiger partial charge in [-0.25, -0.2) is 0 Å². The van der Waals surface area contributed by atoms with Gasteiger partial charge < -0.3 is 15.8 Å². The Bertz CT molecular complexity index is 486. The Balaban J connectivity index is 1.55. The minimum Gasteiger partial charge on any atom is -0.379 e. The van der Waals surface area contributed by atoms with Crippen molar-refractivity contribution in [3.8, 4) is 0 Å². The Morgan fingerprint density at radius 2 is 1.90 bits per heavy atom. The second-order valence-electron chi connectivity index (χ2n) is 5.85. The minimum absolute atomic E-state index is 0.0452. The Kier molecular flexibility index (Phi) is 4.83. The molecule has 0 radical (unpaired) electrons. The highest BCUT2D eigenvalue weighted by molar-refractivity contribution is 8.00. The van der Waals surface area contributed by atoms with Gasteiger partial charge in [0.25, 0.3) is 0 Å². The zero-order chi connectivity index (χ0) is 14.7. The summed E-state index contributed by atoms with van der Waals surface area (Å²) in [7, 11) is 0. The second-order valence-corrected chi connectivity index (χ2v) is 7.22. The quantitative estimate of drug-likeness (QED) is 0.897. The topological polar surface area (TPSA) is 64.3 Å². The number of ether oxygens (including phenoxy) is 1. The first-order valence-corrected chi connectivity index (χ1v) is 8.51. The van der Waals surface area contributed by atoms with Crippen LogP contribution < -0.4 is 11.1 Å². The van der Waals surface area contributed by atoms with Crippen LogP contribution in [-0.2, 0) is 9.53 Å². The van der Waals surface area contributed by atoms with Crippen molar-refractivity contribution in [2.75, 3.05) is 18.5 Å². The molecular formula is C16H22N2O2S. The Morgan fingerprint density at radius 3 is 2.52 bits per heavy atom. The van der Waals surface area contributed by atoms with Crippen LogP contribution >= 0.6 is 11.8 Å². The number of nitrogens with two attached hydrogens (primary N) is 1. The highest BCUT2D eigenvalue weighted by Crippen LogP contribution is 2.35. The van der Waals surface area contributed by atoms with Gasteiger partial charge in [-0.3, -0.25) is 4.79 Å². The lowest BCUT2D eigenvalue weighted by molar-refractivity contribution is -0.120. The number of amides is 1. The van der Waals surface area contributed by atoms with E-state index in [2.05, 4.69) is 17.4 Å². The average Bonchev–Trinajstić information content (AvgIpc) is 3.12. The molecule has 5 heteroatoms. The molecule has 1 amide bonds. The van der Waals surface area contributed by atoms with Crippen molar-refractivity contribution >= 4 is 23.4 Å². The lowest BCUT2D eigenvalue weighted by Gasteiger charge is -2.14. The van der Waals surface area contributed by atoms with Gasteiger partial charge >= 0.3 is 0 Å². The van der Waals surface area contributed by atoms with E-state index in [9.17, 15) is 4.79 Å². The van der Waals surface area contributed by atoms with Crippen molar-refractivity contribution in [1.82, 2.24) is 0 Å². The number of carbonyl (C=O) groups excluding carboxylic acids is 1. The van der Waals surface area contributed by atoms with Crippen molar-refractivity contribution in [1.29, 1.82) is 0 Å². The van der Waals surface area contributed by atoms with Crippen LogP contribution in [0.3, 0.4) is 0 Å². The van der Waals surface area contributed by atoms with E-state index in [0.29, 0.717) is 13.2 Å². The maximum Gasteiger partial charge on any atom is 0.231 e. The summed E-state index contributed by atoms with van der Waals surface area (Å²) in [6.45, 7) is 0.887. The van der Waals surface area contributed by atoms with Crippen molar-refractivity contribution in [3.63, 3.8) is 0 Å². The normalized spacial score (nSPS) is 26.1. The summed E-state index contributed by atoms with van der Waals surface area (Å²) >= 11 is 1.95. The molecule has 3 N–H and O–H groups in total. The van der Waals surface area contributed by atoms with Gasteiger partial charge in [0, 0.05) is 21.9 Å². The highest BCUT2D eigenvalue weighted by atomic mass is 32.2. The van der Waals surface area contributed by atoms with E-state index < -0.39 is 0 Å². The van der Waals surface area contributed by atoms with E-state index in [4.69, 9.17) is 10.5 Å². The van der Waals surface area contributed by atoms with Crippen LogP contribution in [0.2, 0.25) is 0 Å². The van der Waals surface area contributed by atoms with E-state index in [0.717, 1.165) is 10.9 Å². The SMILES string of the molecule is NC1COCC1C(=O)Nc1ccc(SC2CCCC2)cc1. The third-order valence-corrected chi connectivity index (χ3v) is 5.54. The number of hydrogen-bond donors (Lipinski definition) is 2. The maximum atomic E-state index is 12.1. The van der Waals surface area contributed by atoms with Crippen LogP contribution in [0.5, 0.6) is 0 Å². The third kappa shape index (κ3) is 3.78. The first kappa shape index (κ1) is 14.9. The summed E-state index contributed by atoms with van der Waals surface area (Å²) in [6.07, 6.45) is 5.36. The molecule has 2 atom stereocenters. The second kappa shape index (κ2) is 6.81. The molecule has 1 aromatic carbocycles. The zero-order valence-electron chi connectivity index (χ0n) is 12.1. The minimum atomic E-state index is -0.238. The fourth-order valence-corrected chi connectivity index (χ4v) is 4.14. The van der Waals surface area contributed by atoms with E-state index in [1.165, 1.54) is 30.6 Å². The van der Waals surface area contributed by atoms with Crippen LogP contribution in [0.1, 0.15) is 25.7 Å². The van der Waals surface area contributed by atoms with Gasteiger partial charge in [0.1, 0.15) is 0 Å². The molecule has 4 nitrogen and oxygen atoms in total. The Morgan fingerprint density at radius 1 is 1.19 bits per heavy atom. The van der Waals surface area contributed by atoms with Crippen LogP contribution in [0.25, 0.3) is 0 Å². The lowest BCUT2D eigenvalue weighted by Crippen LogP contribution is -2.37. The summed E-state index contributed by atoms with van der Waals surface area (Å²) in [5.41, 5.74) is 6.69. The van der Waals surface area contributed by atoms with Crippen molar-refractivity contribution in [2.45, 2.75) is 41.9 Å². The summed E-state index contributed by atoms with van der Waals surface area (Å²) in [4.78, 5) is 13.4. The van der Waals surface area contributed by atoms with Gasteiger partial charge in [-0.05, 0) is 37.1 Å². The maximum absolute atomic E-state index is 12.1. The number of thioether (sulfide) groups is 1. The highest BCUT2D eigenvalue weighted by Gasteiger charge is 2.31. The molecule has 1 aromatic rings. The molecule has 3 rings (SSSR count). The molecule has 1 aliphatic heterocycles. The molecular weight excluding hydrogens is 284 g/mol. The van der Waals surface area contributed by atoms with Crippen molar-refractivity contribution in [3.05, 3.63) is 24.3 Å². The summed E-state index contributed by atoms with van der Waals surface area (Å²) in [5.74, 6) is -0.284. The number of anilines is 1. The average molecular weight is 306 g/mol. The predicted molar refractivity (Wildman–Crippen MR) is 85.5 cm³/mol. The molecule has 114 valence electrons. The van der Waals surface area contributed by atoms with Gasteiger partial charge in [0.15, 0.2) is 0 Å². The molecule has 1 saturated heterocycles. The molecule has 21 heavy (non-hydrogen) atoms. The van der Waals surface area contributed by atoms with Crippen LogP contribution in [0.15, 0.2) is 29.2 Å². The van der Waals surface area contributed by atoms with E-state index in [1.54, 1.807) is 0 Å². The Hall–Kier alpha value is -1.04. The molecule has 1 aliphatic carbocycles. The first-order chi connectivity index (χ1) is 10.2. The molecule has 1 heterocycles. The third-order valence-electron chi connectivity index (χ3n) is 4.19. The number of benzene rings is 1. The van der Waals surface area contributed by atoms with E-state index in [1.807, 2.05) is 23.9 Å². The van der Waals surface area contributed by atoms with Gasteiger partial charge in [0.2, 0.25) is 5.91 Å². The number of rotatable bonds is 4. The molecule has 0 bridgehead atoms. The van der Waals surface area contributed by atoms with Crippen LogP contribution in [0.4, 0.5) is 5.69 Å². The van der Waals surface area contributed by atoms with Gasteiger partial charge in [-0.1, -0.05) is 12.8 Å². The monoisotopic (exact) mass is 306 g/mol. The fraction of sp³-hybridized carbons (Fsp3) is 0.562. The van der Waals surface area contributed by atoms with Gasteiger partial charge in [-0.15, -0.1) is 11.8 Å². The molecule has 0 aromatic heterocycles. The van der Waals surface area contributed by atoms with Crippen molar-refractivity contribution < 1.29 is 9.53 Å². The van der Waals surface area contributed by atoms with Gasteiger partial charge in [-0.2, -0.15) is 0 Å². The van der Waals surface area contributed by atoms with Crippen molar-refractivity contribution in [2.24, 2.45) is 11.7 Å². The molecule has 2 unspecified atom stereocenters. The van der Waals surface area contributed by atoms with Crippen LogP contribution in [0, 0.1) is 5.92 Å². The summed E-state index contributed by atoms with van der Waals surface area (Å²) in [6, 6.07) is 7.92. The zero-order valence-corrected chi connectivity index (χ0v) is 12.9. The number of nitrogens with one attached hydrogen (secondary N) is 1.